The van der Waals surface area contributed by atoms with Crippen molar-refractivity contribution in [2.24, 2.45) is 5.10 Å². The second-order valence-corrected chi connectivity index (χ2v) is 8.32. The number of H-pyrrole nitrogens is 1. The van der Waals surface area contributed by atoms with Crippen molar-refractivity contribution in [1.29, 1.82) is 0 Å². The van der Waals surface area contributed by atoms with Crippen LogP contribution < -0.4 is 5.56 Å². The number of aromatic nitrogens is 2. The van der Waals surface area contributed by atoms with Gasteiger partial charge in [0.05, 0.1) is 29.7 Å². The molecule has 0 aliphatic carbocycles. The highest BCUT2D eigenvalue weighted by molar-refractivity contribution is 6.02. The third-order valence-electron chi connectivity index (χ3n) is 5.68. The Balaban J connectivity index is 1.39. The van der Waals surface area contributed by atoms with Crippen molar-refractivity contribution in [1.82, 2.24) is 19.9 Å². The molecule has 8 nitrogen and oxygen atoms in total. The van der Waals surface area contributed by atoms with Gasteiger partial charge in [-0.3, -0.25) is 14.4 Å². The van der Waals surface area contributed by atoms with Gasteiger partial charge in [0.25, 0.3) is 5.56 Å². The Hall–Kier alpha value is -3.81. The number of hydrazone groups is 1. The standard InChI is InChI=1S/C25H27N5O3/c1-17(2)29(16-22-26-21-11-7-6-10-19(21)25(33)27-22)23(31)12-13-24(32)30-15-14-20(28-30)18-8-4-3-5-9-18/h3-11,17H,12-16H2,1-2H3,(H,26,27,33). The summed E-state index contributed by atoms with van der Waals surface area (Å²) in [6.45, 7) is 4.49. The van der Waals surface area contributed by atoms with E-state index >= 15 is 0 Å². The predicted octanol–water partition coefficient (Wildman–Crippen LogP) is 3.08. The largest absolute Gasteiger partial charge is 0.333 e. The van der Waals surface area contributed by atoms with Gasteiger partial charge in [-0.2, -0.15) is 5.10 Å². The molecule has 0 unspecified atom stereocenters. The summed E-state index contributed by atoms with van der Waals surface area (Å²) >= 11 is 0. The molecule has 0 atom stereocenters. The summed E-state index contributed by atoms with van der Waals surface area (Å²) in [5, 5.41) is 6.41. The number of nitrogens with zero attached hydrogens (tertiary/aromatic N) is 4. The first-order valence-electron chi connectivity index (χ1n) is 11.1. The van der Waals surface area contributed by atoms with Gasteiger partial charge < -0.3 is 9.88 Å². The maximum Gasteiger partial charge on any atom is 0.258 e. The van der Waals surface area contributed by atoms with Gasteiger partial charge in [-0.1, -0.05) is 42.5 Å². The molecule has 1 aromatic heterocycles. The number of carbonyl (C=O) groups excluding carboxylic acids is 2. The third kappa shape index (κ3) is 5.16. The topological polar surface area (TPSA) is 98.7 Å². The molecule has 1 N–H and O–H groups in total. The Morgan fingerprint density at radius 3 is 2.55 bits per heavy atom. The molecule has 2 heterocycles. The molecule has 2 amide bonds. The molecule has 0 saturated carbocycles. The van der Waals surface area contributed by atoms with Gasteiger partial charge in [-0.15, -0.1) is 0 Å². The van der Waals surface area contributed by atoms with Crippen LogP contribution in [-0.2, 0) is 16.1 Å². The summed E-state index contributed by atoms with van der Waals surface area (Å²) in [6.07, 6.45) is 0.847. The maximum absolute atomic E-state index is 12.9. The minimum absolute atomic E-state index is 0.0709. The number of benzene rings is 2. The molecule has 4 rings (SSSR count). The first-order valence-corrected chi connectivity index (χ1v) is 11.1. The van der Waals surface area contributed by atoms with Crippen LogP contribution in [0.3, 0.4) is 0 Å². The molecular weight excluding hydrogens is 418 g/mol. The number of para-hydroxylation sites is 1. The average molecular weight is 446 g/mol. The molecular formula is C25H27N5O3. The van der Waals surface area contributed by atoms with Crippen LogP contribution in [-0.4, -0.2) is 50.0 Å². The Labute approximate surface area is 191 Å². The molecule has 2 aromatic carbocycles. The van der Waals surface area contributed by atoms with Gasteiger partial charge in [-0.05, 0) is 31.5 Å². The molecule has 8 heteroatoms. The van der Waals surface area contributed by atoms with Crippen LogP contribution in [0, 0.1) is 0 Å². The molecule has 0 fully saturated rings. The lowest BCUT2D eigenvalue weighted by molar-refractivity contribution is -0.138. The van der Waals surface area contributed by atoms with Gasteiger partial charge >= 0.3 is 0 Å². The van der Waals surface area contributed by atoms with E-state index in [-0.39, 0.29) is 42.8 Å². The van der Waals surface area contributed by atoms with Crippen LogP contribution in [0.4, 0.5) is 0 Å². The maximum atomic E-state index is 12.9. The number of hydrogen-bond acceptors (Lipinski definition) is 5. The average Bonchev–Trinajstić information content (AvgIpc) is 3.32. The number of nitrogens with one attached hydrogen (secondary N) is 1. The van der Waals surface area contributed by atoms with Crippen molar-refractivity contribution in [2.45, 2.75) is 45.7 Å². The summed E-state index contributed by atoms with van der Waals surface area (Å²) < 4.78 is 0. The highest BCUT2D eigenvalue weighted by Crippen LogP contribution is 2.16. The second kappa shape index (κ2) is 9.77. The lowest BCUT2D eigenvalue weighted by Gasteiger charge is -2.26. The number of hydrogen-bond donors (Lipinski definition) is 1. The van der Waals surface area contributed by atoms with Crippen LogP contribution in [0.25, 0.3) is 10.9 Å². The number of fused-ring (bicyclic) bond motifs is 1. The van der Waals surface area contributed by atoms with E-state index in [0.29, 0.717) is 29.7 Å². The lowest BCUT2D eigenvalue weighted by Crippen LogP contribution is -2.38. The first kappa shape index (κ1) is 22.4. The van der Waals surface area contributed by atoms with Crippen LogP contribution in [0.2, 0.25) is 0 Å². The SMILES string of the molecule is CC(C)N(Cc1nc2ccccc2c(=O)[nH]1)C(=O)CCC(=O)N1CCC(c2ccccc2)=N1. The molecule has 3 aromatic rings. The van der Waals surface area contributed by atoms with Gasteiger partial charge in [-0.25, -0.2) is 9.99 Å². The molecule has 0 spiro atoms. The highest BCUT2D eigenvalue weighted by Gasteiger charge is 2.24. The molecule has 170 valence electrons. The first-order chi connectivity index (χ1) is 15.9. The zero-order valence-corrected chi connectivity index (χ0v) is 18.8. The molecule has 33 heavy (non-hydrogen) atoms. The highest BCUT2D eigenvalue weighted by atomic mass is 16.2. The van der Waals surface area contributed by atoms with Gasteiger partial charge in [0.1, 0.15) is 5.82 Å². The van der Waals surface area contributed by atoms with E-state index in [9.17, 15) is 14.4 Å². The van der Waals surface area contributed by atoms with Crippen LogP contribution in [0.15, 0.2) is 64.5 Å². The van der Waals surface area contributed by atoms with Crippen molar-refractivity contribution >= 4 is 28.4 Å². The summed E-state index contributed by atoms with van der Waals surface area (Å²) in [5.41, 5.74) is 2.24. The van der Waals surface area contributed by atoms with E-state index in [1.165, 1.54) is 5.01 Å². The zero-order chi connectivity index (χ0) is 23.4. The predicted molar refractivity (Wildman–Crippen MR) is 127 cm³/mol. The minimum Gasteiger partial charge on any atom is -0.333 e. The third-order valence-corrected chi connectivity index (χ3v) is 5.68. The van der Waals surface area contributed by atoms with E-state index in [0.717, 1.165) is 11.3 Å². The summed E-state index contributed by atoms with van der Waals surface area (Å²) in [4.78, 5) is 46.8. The molecule has 0 radical (unpaired) electrons. The smallest absolute Gasteiger partial charge is 0.258 e. The molecule has 0 saturated heterocycles. The monoisotopic (exact) mass is 445 g/mol. The summed E-state index contributed by atoms with van der Waals surface area (Å²) in [7, 11) is 0. The van der Waals surface area contributed by atoms with E-state index < -0.39 is 0 Å². The van der Waals surface area contributed by atoms with Gasteiger partial charge in [0.15, 0.2) is 0 Å². The Bertz CT molecular complexity index is 1250. The summed E-state index contributed by atoms with van der Waals surface area (Å²) in [5.74, 6) is 0.0829. The molecule has 1 aliphatic heterocycles. The van der Waals surface area contributed by atoms with Crippen molar-refractivity contribution in [2.75, 3.05) is 6.54 Å². The van der Waals surface area contributed by atoms with Crippen molar-refractivity contribution in [3.05, 3.63) is 76.3 Å². The fraction of sp³-hybridized carbons (Fsp3) is 0.320. The normalized spacial score (nSPS) is 13.4. The zero-order valence-electron chi connectivity index (χ0n) is 18.8. The van der Waals surface area contributed by atoms with E-state index in [1.807, 2.05) is 50.2 Å². The van der Waals surface area contributed by atoms with Gasteiger partial charge in [0, 0.05) is 25.3 Å². The Morgan fingerprint density at radius 2 is 1.79 bits per heavy atom. The van der Waals surface area contributed by atoms with E-state index in [2.05, 4.69) is 15.1 Å². The lowest BCUT2D eigenvalue weighted by atomic mass is 10.1. The quantitative estimate of drug-likeness (QED) is 0.604. The fourth-order valence-corrected chi connectivity index (χ4v) is 3.89. The summed E-state index contributed by atoms with van der Waals surface area (Å²) in [6, 6.07) is 16.8. The van der Waals surface area contributed by atoms with Crippen molar-refractivity contribution in [3.8, 4) is 0 Å². The molecule has 1 aliphatic rings. The number of rotatable bonds is 7. The fourth-order valence-electron chi connectivity index (χ4n) is 3.89. The minimum atomic E-state index is -0.233. The van der Waals surface area contributed by atoms with Crippen LogP contribution in [0.1, 0.15) is 44.5 Å². The van der Waals surface area contributed by atoms with Gasteiger partial charge in [0.2, 0.25) is 11.8 Å². The van der Waals surface area contributed by atoms with E-state index in [4.69, 9.17) is 0 Å². The van der Waals surface area contributed by atoms with Crippen molar-refractivity contribution < 1.29 is 9.59 Å². The van der Waals surface area contributed by atoms with Crippen LogP contribution in [0.5, 0.6) is 0 Å². The van der Waals surface area contributed by atoms with Crippen LogP contribution >= 0.6 is 0 Å². The Kier molecular flexibility index (Phi) is 6.63. The molecule has 0 bridgehead atoms. The number of amides is 2. The number of carbonyl (C=O) groups is 2. The van der Waals surface area contributed by atoms with E-state index in [1.54, 1.807) is 23.1 Å². The Morgan fingerprint density at radius 1 is 1.06 bits per heavy atom. The van der Waals surface area contributed by atoms with Crippen molar-refractivity contribution in [3.63, 3.8) is 0 Å². The second-order valence-electron chi connectivity index (χ2n) is 8.32. The number of aromatic amines is 1.